The molecule has 0 amide bonds. The summed E-state index contributed by atoms with van der Waals surface area (Å²) in [4.78, 5) is 8.74. The summed E-state index contributed by atoms with van der Waals surface area (Å²) < 4.78 is 25.0. The maximum absolute atomic E-state index is 13.7. The predicted molar refractivity (Wildman–Crippen MR) is 132 cm³/mol. The number of fused-ring (bicyclic) bond motifs is 1. The molecule has 1 aliphatic rings. The average Bonchev–Trinajstić information content (AvgIpc) is 3.57. The highest BCUT2D eigenvalue weighted by molar-refractivity contribution is 5.95. The predicted octanol–water partition coefficient (Wildman–Crippen LogP) is 5.23. The van der Waals surface area contributed by atoms with Crippen LogP contribution in [0.5, 0.6) is 0 Å². The molecular formula is C26H27FN8. The zero-order chi connectivity index (χ0) is 25.5. The monoisotopic (exact) mass is 471 g/mol. The van der Waals surface area contributed by atoms with E-state index in [1.54, 1.807) is 29.1 Å². The van der Waals surface area contributed by atoms with E-state index in [1.807, 2.05) is 6.07 Å². The molecule has 0 unspecified atom stereocenters. The van der Waals surface area contributed by atoms with Crippen molar-refractivity contribution in [3.8, 4) is 6.07 Å². The van der Waals surface area contributed by atoms with Crippen molar-refractivity contribution in [2.24, 2.45) is 5.41 Å². The van der Waals surface area contributed by atoms with E-state index in [1.165, 1.54) is 18.5 Å². The van der Waals surface area contributed by atoms with Crippen LogP contribution >= 0.6 is 0 Å². The lowest BCUT2D eigenvalue weighted by Gasteiger charge is -2.21. The number of aromatic nitrogens is 5. The first-order chi connectivity index (χ1) is 17.2. The van der Waals surface area contributed by atoms with Crippen molar-refractivity contribution < 1.29 is 5.76 Å². The number of nitrogens with zero attached hydrogens (tertiary/aromatic N) is 6. The van der Waals surface area contributed by atoms with Crippen molar-refractivity contribution in [2.75, 3.05) is 17.2 Å². The number of nitrogens with one attached hydrogen (secondary N) is 2. The summed E-state index contributed by atoms with van der Waals surface area (Å²) >= 11 is 0. The van der Waals surface area contributed by atoms with Crippen LogP contribution in [-0.2, 0) is 0 Å². The van der Waals surface area contributed by atoms with E-state index >= 15 is 0 Å². The van der Waals surface area contributed by atoms with Gasteiger partial charge in [0, 0.05) is 17.6 Å². The zero-order valence-corrected chi connectivity index (χ0v) is 19.9. The van der Waals surface area contributed by atoms with Gasteiger partial charge in [0.15, 0.2) is 0 Å². The van der Waals surface area contributed by atoms with Crippen LogP contribution in [0.4, 0.5) is 15.9 Å². The summed E-state index contributed by atoms with van der Waals surface area (Å²) in [5, 5.41) is 25.6. The molecule has 2 N–H and O–H groups in total. The van der Waals surface area contributed by atoms with Gasteiger partial charge in [0.05, 0.1) is 30.7 Å². The Morgan fingerprint density at radius 2 is 2.00 bits per heavy atom. The topological polar surface area (TPSA) is 104 Å². The third-order valence-corrected chi connectivity index (χ3v) is 5.73. The average molecular weight is 472 g/mol. The first-order valence-electron chi connectivity index (χ1n) is 12.1. The van der Waals surface area contributed by atoms with E-state index in [9.17, 15) is 11.0 Å². The molecule has 35 heavy (non-hydrogen) atoms. The highest BCUT2D eigenvalue weighted by Gasteiger charge is 2.27. The largest absolute Gasteiger partial charge is 0.373 e. The Labute approximate surface area is 204 Å². The summed E-state index contributed by atoms with van der Waals surface area (Å²) in [6.07, 6.45) is 5.24. The van der Waals surface area contributed by atoms with Crippen molar-refractivity contribution in [1.82, 2.24) is 25.0 Å². The minimum Gasteiger partial charge on any atom is -0.373 e. The molecule has 1 atom stereocenters. The van der Waals surface area contributed by atoms with Gasteiger partial charge >= 0.3 is 0 Å². The molecule has 1 aliphatic carbocycles. The molecule has 0 radical (unpaired) electrons. The first-order valence-corrected chi connectivity index (χ1v) is 11.6. The highest BCUT2D eigenvalue weighted by Crippen LogP contribution is 2.36. The van der Waals surface area contributed by atoms with Gasteiger partial charge in [-0.15, -0.1) is 5.10 Å². The van der Waals surface area contributed by atoms with Gasteiger partial charge in [-0.1, -0.05) is 38.1 Å². The van der Waals surface area contributed by atoms with Crippen molar-refractivity contribution in [3.05, 3.63) is 71.6 Å². The Morgan fingerprint density at radius 1 is 1.23 bits per heavy atom. The van der Waals surface area contributed by atoms with Gasteiger partial charge in [-0.2, -0.15) is 5.26 Å². The minimum atomic E-state index is -1.59. The first kappa shape index (κ1) is 21.5. The van der Waals surface area contributed by atoms with E-state index in [4.69, 9.17) is 0 Å². The fraction of sp³-hybridized carbons (Fsp3) is 0.346. The van der Waals surface area contributed by atoms with Crippen LogP contribution in [0.15, 0.2) is 48.9 Å². The zero-order valence-electron chi connectivity index (χ0n) is 20.9. The molecule has 1 saturated carbocycles. The second-order valence-electron chi connectivity index (χ2n) is 9.99. The van der Waals surface area contributed by atoms with Gasteiger partial charge in [-0.3, -0.25) is 0 Å². The van der Waals surface area contributed by atoms with Crippen LogP contribution in [0.1, 0.15) is 63.9 Å². The molecule has 2 aromatic heterocycles. The van der Waals surface area contributed by atoms with E-state index in [0.717, 1.165) is 12.8 Å². The molecule has 0 spiro atoms. The number of benzene rings is 2. The number of anilines is 2. The summed E-state index contributed by atoms with van der Waals surface area (Å²) in [6, 6.07) is 10.1. The fourth-order valence-electron chi connectivity index (χ4n) is 3.77. The van der Waals surface area contributed by atoms with E-state index in [0.29, 0.717) is 51.8 Å². The Balaban J connectivity index is 1.60. The number of rotatable bonds is 7. The molecule has 2 heterocycles. The van der Waals surface area contributed by atoms with Gasteiger partial charge in [-0.05, 0) is 48.1 Å². The maximum Gasteiger partial charge on any atom is 0.137 e. The third kappa shape index (κ3) is 5.06. The normalized spacial score (nSPS) is 15.8. The van der Waals surface area contributed by atoms with E-state index in [2.05, 4.69) is 57.8 Å². The molecule has 0 saturated heterocycles. The van der Waals surface area contributed by atoms with Crippen molar-refractivity contribution in [1.29, 1.82) is 5.26 Å². The Morgan fingerprint density at radius 3 is 2.69 bits per heavy atom. The summed E-state index contributed by atoms with van der Waals surface area (Å²) in [5.41, 5.74) is 2.24. The number of hydrogen-bond acceptors (Lipinski definition) is 7. The van der Waals surface area contributed by atoms with Crippen molar-refractivity contribution >= 4 is 22.4 Å². The standard InChI is InChI=1S/C26H27FN8/c1-26(2,3)14-29-25-21-11-19(10-17(12-28)23(21)30-15-31-25)32-24(16-4-6-18(27)7-5-16)22-13-35(34-33-22)20-8-9-20/h4-7,10-11,13,15,20,24,32H,8-9,14H2,1-3H3,(H,29,30,31)/t24-/m0/s1/i24D. The molecule has 8 nitrogen and oxygen atoms in total. The Bertz CT molecular complexity index is 1450. The number of nitriles is 1. The summed E-state index contributed by atoms with van der Waals surface area (Å²) in [6.45, 7) is 7.01. The summed E-state index contributed by atoms with van der Waals surface area (Å²) in [5.74, 6) is 0.207. The van der Waals surface area contributed by atoms with E-state index in [-0.39, 0.29) is 5.41 Å². The lowest BCUT2D eigenvalue weighted by molar-refractivity contribution is 0.442. The molecule has 178 valence electrons. The lowest BCUT2D eigenvalue weighted by atomic mass is 9.97. The van der Waals surface area contributed by atoms with E-state index < -0.39 is 11.8 Å². The second-order valence-corrected chi connectivity index (χ2v) is 9.99. The number of halogens is 1. The van der Waals surface area contributed by atoms with Gasteiger partial charge in [0.2, 0.25) is 0 Å². The molecule has 4 aromatic rings. The quantitative estimate of drug-likeness (QED) is 0.380. The molecule has 0 bridgehead atoms. The maximum atomic E-state index is 13.7. The van der Waals surface area contributed by atoms with Gasteiger partial charge in [0.25, 0.3) is 0 Å². The van der Waals surface area contributed by atoms with Gasteiger partial charge in [0.1, 0.15) is 29.7 Å². The van der Waals surface area contributed by atoms with Gasteiger partial charge in [-0.25, -0.2) is 19.0 Å². The van der Waals surface area contributed by atoms with Crippen LogP contribution in [0.3, 0.4) is 0 Å². The Kier molecular flexibility index (Phi) is 5.49. The SMILES string of the molecule is [2H][C@](Nc1cc(C#N)c2ncnc(NCC(C)(C)C)c2c1)(c1ccc(F)cc1)c1cn(C2CC2)nn1. The van der Waals surface area contributed by atoms with Crippen molar-refractivity contribution in [2.45, 2.75) is 45.7 Å². The highest BCUT2D eigenvalue weighted by atomic mass is 19.1. The molecule has 2 aromatic carbocycles. The lowest BCUT2D eigenvalue weighted by Crippen LogP contribution is -2.20. The van der Waals surface area contributed by atoms with Crippen molar-refractivity contribution in [3.63, 3.8) is 0 Å². The Hall–Kier alpha value is -4.06. The molecule has 1 fully saturated rings. The number of hydrogen-bond donors (Lipinski definition) is 2. The summed E-state index contributed by atoms with van der Waals surface area (Å²) in [7, 11) is 0. The minimum absolute atomic E-state index is 0.0114. The molecule has 9 heteroatoms. The van der Waals surface area contributed by atoms with Gasteiger partial charge < -0.3 is 10.6 Å². The second kappa shape index (κ2) is 8.95. The van der Waals surface area contributed by atoms with Crippen LogP contribution in [0.25, 0.3) is 10.9 Å². The van der Waals surface area contributed by atoms with Crippen LogP contribution < -0.4 is 10.6 Å². The van der Waals surface area contributed by atoms with Crippen LogP contribution in [-0.4, -0.2) is 31.5 Å². The molecule has 5 rings (SSSR count). The third-order valence-electron chi connectivity index (χ3n) is 5.73. The molecule has 0 aliphatic heterocycles. The smallest absolute Gasteiger partial charge is 0.137 e. The van der Waals surface area contributed by atoms with Crippen LogP contribution in [0.2, 0.25) is 0 Å². The molecular weight excluding hydrogens is 443 g/mol. The fourth-order valence-corrected chi connectivity index (χ4v) is 3.77. The van der Waals surface area contributed by atoms with Crippen LogP contribution in [0, 0.1) is 22.6 Å².